The molecule has 2 N–H and O–H groups in total. The van der Waals surface area contributed by atoms with E-state index in [0.29, 0.717) is 27.8 Å². The lowest BCUT2D eigenvalue weighted by Crippen LogP contribution is -2.48. The number of fused-ring (bicyclic) bond motifs is 1. The van der Waals surface area contributed by atoms with Crippen LogP contribution in [0.5, 0.6) is 5.75 Å². The zero-order valence-electron chi connectivity index (χ0n) is 18.7. The van der Waals surface area contributed by atoms with Crippen LogP contribution in [0.25, 0.3) is 10.1 Å². The van der Waals surface area contributed by atoms with E-state index >= 15 is 0 Å². The number of ketones is 1. The number of amides is 1. The summed E-state index contributed by atoms with van der Waals surface area (Å²) in [7, 11) is 0. The Bertz CT molecular complexity index is 1170. The Kier molecular flexibility index (Phi) is 6.88. The van der Waals surface area contributed by atoms with Crippen LogP contribution in [0.2, 0.25) is 5.02 Å². The first-order chi connectivity index (χ1) is 16.5. The van der Waals surface area contributed by atoms with Gasteiger partial charge in [-0.1, -0.05) is 35.9 Å². The zero-order valence-corrected chi connectivity index (χ0v) is 20.3. The molecule has 1 aromatic heterocycles. The molecule has 1 amide bonds. The Morgan fingerprint density at radius 2 is 1.91 bits per heavy atom. The third kappa shape index (κ3) is 5.28. The summed E-state index contributed by atoms with van der Waals surface area (Å²) in [5.74, 6) is -0.708. The lowest BCUT2D eigenvalue weighted by atomic mass is 10.0. The van der Waals surface area contributed by atoms with Crippen molar-refractivity contribution in [3.8, 4) is 5.75 Å². The summed E-state index contributed by atoms with van der Waals surface area (Å²) < 4.78 is 6.75. The van der Waals surface area contributed by atoms with Crippen molar-refractivity contribution in [1.82, 2.24) is 10.2 Å². The number of carbonyl (C=O) groups is 2. The molecule has 1 aliphatic heterocycles. The van der Waals surface area contributed by atoms with E-state index in [1.165, 1.54) is 11.3 Å². The minimum Gasteiger partial charge on any atom is -0.489 e. The molecule has 0 bridgehead atoms. The molecule has 2 heterocycles. The number of ether oxygens (including phenoxy) is 1. The summed E-state index contributed by atoms with van der Waals surface area (Å²) >= 11 is 7.71. The van der Waals surface area contributed by atoms with Gasteiger partial charge >= 0.3 is 0 Å². The molecule has 0 spiro atoms. The maximum Gasteiger partial charge on any atom is 0.293 e. The quantitative estimate of drug-likeness (QED) is 0.333. The third-order valence-electron chi connectivity index (χ3n) is 6.32. The Labute approximate surface area is 207 Å². The van der Waals surface area contributed by atoms with Crippen LogP contribution in [-0.4, -0.2) is 53.5 Å². The fourth-order valence-electron chi connectivity index (χ4n) is 4.30. The zero-order chi connectivity index (χ0) is 23.7. The lowest BCUT2D eigenvalue weighted by Gasteiger charge is -2.28. The Morgan fingerprint density at radius 3 is 2.62 bits per heavy atom. The Morgan fingerprint density at radius 1 is 1.15 bits per heavy atom. The fraction of sp³-hybridized carbons (Fsp3) is 0.385. The molecule has 2 unspecified atom stereocenters. The number of Topliss-reactive ketones (excluding diaryl/α,β-unsaturated/α-hetero) is 1. The highest BCUT2D eigenvalue weighted by molar-refractivity contribution is 7.21. The number of halogens is 1. The third-order valence-corrected chi connectivity index (χ3v) is 7.73. The molecule has 2 aromatic carbocycles. The largest absolute Gasteiger partial charge is 0.489 e. The van der Waals surface area contributed by atoms with Gasteiger partial charge in [0.05, 0.1) is 22.0 Å². The van der Waals surface area contributed by atoms with Crippen molar-refractivity contribution >= 4 is 44.7 Å². The number of nitrogens with one attached hydrogen (secondary N) is 1. The molecule has 34 heavy (non-hydrogen) atoms. The van der Waals surface area contributed by atoms with E-state index in [9.17, 15) is 14.7 Å². The van der Waals surface area contributed by atoms with Crippen molar-refractivity contribution in [3.05, 3.63) is 64.0 Å². The maximum absolute atomic E-state index is 13.0. The fourth-order valence-corrected chi connectivity index (χ4v) is 5.53. The van der Waals surface area contributed by atoms with Gasteiger partial charge in [0, 0.05) is 11.2 Å². The van der Waals surface area contributed by atoms with Gasteiger partial charge in [0.25, 0.3) is 11.7 Å². The highest BCUT2D eigenvalue weighted by atomic mass is 35.5. The van der Waals surface area contributed by atoms with E-state index in [-0.39, 0.29) is 6.10 Å². The van der Waals surface area contributed by atoms with Crippen molar-refractivity contribution in [2.75, 3.05) is 19.6 Å². The predicted octanol–water partition coefficient (Wildman–Crippen LogP) is 4.59. The average molecular weight is 499 g/mol. The van der Waals surface area contributed by atoms with Gasteiger partial charge in [-0.15, -0.1) is 11.3 Å². The van der Waals surface area contributed by atoms with Crippen molar-refractivity contribution in [1.29, 1.82) is 0 Å². The Balaban J connectivity index is 1.33. The molecule has 6 nitrogen and oxygen atoms in total. The number of hydrogen-bond donors (Lipinski definition) is 2. The number of thiophene rings is 1. The van der Waals surface area contributed by atoms with Gasteiger partial charge in [-0.3, -0.25) is 9.59 Å². The number of likely N-dealkylation sites (tertiary alicyclic amines) is 1. The van der Waals surface area contributed by atoms with Crippen LogP contribution in [0, 0.1) is 0 Å². The maximum atomic E-state index is 13.0. The number of carbonyl (C=O) groups excluding carboxylic acids is 2. The first-order valence-electron chi connectivity index (χ1n) is 11.7. The van der Waals surface area contributed by atoms with Crippen molar-refractivity contribution < 1.29 is 19.4 Å². The van der Waals surface area contributed by atoms with Crippen LogP contribution in [-0.2, 0) is 4.79 Å². The van der Waals surface area contributed by atoms with Gasteiger partial charge in [-0.2, -0.15) is 0 Å². The molecule has 2 fully saturated rings. The van der Waals surface area contributed by atoms with Gasteiger partial charge in [-0.25, -0.2) is 0 Å². The highest BCUT2D eigenvalue weighted by Gasteiger charge is 2.30. The van der Waals surface area contributed by atoms with Crippen LogP contribution >= 0.6 is 22.9 Å². The second-order valence-corrected chi connectivity index (χ2v) is 10.5. The number of benzene rings is 2. The molecule has 0 radical (unpaired) electrons. The standard InChI is InChI=1S/C26H27ClN2O4S/c27-19-13-17(7-10-21(19)33-18-8-9-18)24(30)20(15-29-11-3-4-12-29)28-26(32)25(31)23-14-16-5-1-2-6-22(16)34-23/h1-2,5-7,10,13-14,18,20,24,30H,3-4,8-9,11-12,15H2,(H,28,32). The smallest absolute Gasteiger partial charge is 0.293 e. The van der Waals surface area contributed by atoms with Gasteiger partial charge in [-0.05, 0) is 74.0 Å². The summed E-state index contributed by atoms with van der Waals surface area (Å²) in [5, 5.41) is 15.4. The van der Waals surface area contributed by atoms with Crippen molar-refractivity contribution in [2.45, 2.75) is 43.9 Å². The number of aliphatic hydroxyl groups excluding tert-OH is 1. The van der Waals surface area contributed by atoms with Gasteiger partial charge < -0.3 is 20.1 Å². The van der Waals surface area contributed by atoms with Gasteiger partial charge in [0.15, 0.2) is 0 Å². The number of aliphatic hydroxyl groups is 1. The number of rotatable bonds is 9. The van der Waals surface area contributed by atoms with Crippen LogP contribution in [0.15, 0.2) is 48.5 Å². The van der Waals surface area contributed by atoms with E-state index in [4.69, 9.17) is 16.3 Å². The molecule has 3 aromatic rings. The summed E-state index contributed by atoms with van der Waals surface area (Å²) in [4.78, 5) is 28.5. The first kappa shape index (κ1) is 23.3. The van der Waals surface area contributed by atoms with E-state index in [1.54, 1.807) is 24.3 Å². The van der Waals surface area contributed by atoms with Crippen molar-refractivity contribution in [3.63, 3.8) is 0 Å². The first-order valence-corrected chi connectivity index (χ1v) is 12.9. The monoisotopic (exact) mass is 498 g/mol. The summed E-state index contributed by atoms with van der Waals surface area (Å²) in [5.41, 5.74) is 0.576. The van der Waals surface area contributed by atoms with Crippen molar-refractivity contribution in [2.24, 2.45) is 0 Å². The lowest BCUT2D eigenvalue weighted by molar-refractivity contribution is -0.118. The van der Waals surface area contributed by atoms with Gasteiger partial charge in [0.2, 0.25) is 0 Å². The molecule has 2 aliphatic rings. The molecule has 178 valence electrons. The molecular weight excluding hydrogens is 472 g/mol. The van der Waals surface area contributed by atoms with Crippen LogP contribution in [0.3, 0.4) is 0 Å². The molecule has 1 aliphatic carbocycles. The molecule has 8 heteroatoms. The van der Waals surface area contributed by atoms with Gasteiger partial charge in [0.1, 0.15) is 11.9 Å². The molecular formula is C26H27ClN2O4S. The number of nitrogens with zero attached hydrogens (tertiary/aromatic N) is 1. The minimum atomic E-state index is -1.02. The topological polar surface area (TPSA) is 78.9 Å². The van der Waals surface area contributed by atoms with E-state index in [2.05, 4.69) is 10.2 Å². The van der Waals surface area contributed by atoms with E-state index in [0.717, 1.165) is 48.9 Å². The molecule has 2 atom stereocenters. The normalized spacial score (nSPS) is 18.1. The van der Waals surface area contributed by atoms with Crippen LogP contribution in [0.1, 0.15) is 47.0 Å². The number of hydrogen-bond acceptors (Lipinski definition) is 6. The van der Waals surface area contributed by atoms with Crippen LogP contribution < -0.4 is 10.1 Å². The van der Waals surface area contributed by atoms with E-state index < -0.39 is 23.8 Å². The Hall–Kier alpha value is -2.45. The predicted molar refractivity (Wildman–Crippen MR) is 134 cm³/mol. The summed E-state index contributed by atoms with van der Waals surface area (Å²) in [6.07, 6.45) is 3.41. The molecule has 1 saturated heterocycles. The minimum absolute atomic E-state index is 0.218. The molecule has 1 saturated carbocycles. The average Bonchev–Trinajstić information content (AvgIpc) is 3.31. The highest BCUT2D eigenvalue weighted by Crippen LogP contribution is 2.34. The summed E-state index contributed by atoms with van der Waals surface area (Å²) in [6.45, 7) is 2.25. The second-order valence-electron chi connectivity index (χ2n) is 9.02. The van der Waals surface area contributed by atoms with Crippen LogP contribution in [0.4, 0.5) is 0 Å². The summed E-state index contributed by atoms with van der Waals surface area (Å²) in [6, 6.07) is 13.9. The SMILES string of the molecule is O=C(NC(CN1CCCC1)C(O)c1ccc(OC2CC2)c(Cl)c1)C(=O)c1cc2ccccc2s1. The molecule has 5 rings (SSSR count). The second kappa shape index (κ2) is 10.0. The van der Waals surface area contributed by atoms with E-state index in [1.807, 2.05) is 24.3 Å².